The number of aromatic carboxylic acids is 1. The molecule has 1 heterocycles. The Labute approximate surface area is 181 Å². The van der Waals surface area contributed by atoms with Gasteiger partial charge in [0.2, 0.25) is 0 Å². The Kier molecular flexibility index (Phi) is 6.04. The molecule has 1 aliphatic rings. The van der Waals surface area contributed by atoms with Crippen LogP contribution in [-0.4, -0.2) is 42.2 Å². The van der Waals surface area contributed by atoms with Crippen molar-refractivity contribution in [2.45, 2.75) is 0 Å². The maximum absolute atomic E-state index is 13.1. The van der Waals surface area contributed by atoms with Crippen molar-refractivity contribution in [1.29, 1.82) is 0 Å². The van der Waals surface area contributed by atoms with E-state index in [1.807, 2.05) is 0 Å². The fraction of sp³-hybridized carbons (Fsp3) is 0.100. The number of nitrogens with zero attached hydrogens (tertiary/aromatic N) is 1. The predicted octanol–water partition coefficient (Wildman–Crippen LogP) is 2.89. The van der Waals surface area contributed by atoms with Crippen molar-refractivity contribution in [3.63, 3.8) is 0 Å². The summed E-state index contributed by atoms with van der Waals surface area (Å²) in [4.78, 5) is 38.5. The average Bonchev–Trinajstić information content (AvgIpc) is 2.71. The highest BCUT2D eigenvalue weighted by Gasteiger charge is 2.35. The lowest BCUT2D eigenvalue weighted by molar-refractivity contribution is -0.122. The summed E-state index contributed by atoms with van der Waals surface area (Å²) in [5.41, 5.74) is -0.0713. The van der Waals surface area contributed by atoms with E-state index in [0.29, 0.717) is 10.7 Å². The number of hydrogen-bond donors (Lipinski definition) is 2. The molecular weight excluding hydrogens is 432 g/mol. The van der Waals surface area contributed by atoms with Crippen molar-refractivity contribution < 1.29 is 29.0 Å². The van der Waals surface area contributed by atoms with Crippen LogP contribution in [0.4, 0.5) is 5.69 Å². The van der Waals surface area contributed by atoms with Gasteiger partial charge in [-0.25, -0.2) is 4.79 Å². The van der Waals surface area contributed by atoms with E-state index < -0.39 is 17.8 Å². The number of hydrogen-bond acceptors (Lipinski definition) is 6. The van der Waals surface area contributed by atoms with Crippen molar-refractivity contribution in [1.82, 2.24) is 5.32 Å². The van der Waals surface area contributed by atoms with Crippen molar-refractivity contribution in [2.75, 3.05) is 19.1 Å². The van der Waals surface area contributed by atoms with Crippen molar-refractivity contribution in [2.24, 2.45) is 0 Å². The fourth-order valence-electron chi connectivity index (χ4n) is 2.92. The number of carbonyl (C=O) groups is 3. The molecule has 0 unspecified atom stereocenters. The summed E-state index contributed by atoms with van der Waals surface area (Å²) in [7, 11) is 2.66. The highest BCUT2D eigenvalue weighted by Crippen LogP contribution is 2.35. The zero-order chi connectivity index (χ0) is 22.0. The van der Waals surface area contributed by atoms with Gasteiger partial charge >= 0.3 is 5.97 Å². The van der Waals surface area contributed by atoms with Crippen LogP contribution in [0.3, 0.4) is 0 Å². The number of methoxy groups -OCH3 is 2. The van der Waals surface area contributed by atoms with E-state index in [1.54, 1.807) is 24.3 Å². The normalized spacial score (nSPS) is 15.2. The Morgan fingerprint density at radius 3 is 2.37 bits per heavy atom. The van der Waals surface area contributed by atoms with Gasteiger partial charge in [0.25, 0.3) is 11.8 Å². The molecular formula is C20H15ClN2O6S. The molecule has 8 nitrogen and oxygen atoms in total. The molecule has 0 radical (unpaired) electrons. The maximum Gasteiger partial charge on any atom is 0.340 e. The zero-order valence-electron chi connectivity index (χ0n) is 15.8. The zero-order valence-corrected chi connectivity index (χ0v) is 17.3. The van der Waals surface area contributed by atoms with Crippen LogP contribution in [0.25, 0.3) is 6.08 Å². The van der Waals surface area contributed by atoms with Gasteiger partial charge in [-0.15, -0.1) is 0 Å². The van der Waals surface area contributed by atoms with E-state index in [9.17, 15) is 19.5 Å². The van der Waals surface area contributed by atoms with Crippen molar-refractivity contribution >= 4 is 58.5 Å². The van der Waals surface area contributed by atoms with Gasteiger partial charge in [0, 0.05) is 5.02 Å². The molecule has 2 aromatic carbocycles. The van der Waals surface area contributed by atoms with Crippen LogP contribution >= 0.6 is 23.8 Å². The first-order chi connectivity index (χ1) is 14.3. The second-order valence-corrected chi connectivity index (χ2v) is 6.83. The van der Waals surface area contributed by atoms with Crippen LogP contribution in [0.15, 0.2) is 42.0 Å². The van der Waals surface area contributed by atoms with Gasteiger partial charge in [-0.1, -0.05) is 17.7 Å². The Balaban J connectivity index is 2.13. The Bertz CT molecular complexity index is 1100. The van der Waals surface area contributed by atoms with E-state index in [-0.39, 0.29) is 33.3 Å². The summed E-state index contributed by atoms with van der Waals surface area (Å²) in [5.74, 6) is -2.61. The van der Waals surface area contributed by atoms with Crippen LogP contribution in [0, 0.1) is 0 Å². The van der Waals surface area contributed by atoms with Crippen LogP contribution in [0.1, 0.15) is 15.9 Å². The number of anilines is 1. The van der Waals surface area contributed by atoms with Gasteiger partial charge in [0.1, 0.15) is 11.1 Å². The molecule has 1 fully saturated rings. The number of ether oxygens (including phenoxy) is 2. The van der Waals surface area contributed by atoms with Gasteiger partial charge < -0.3 is 14.6 Å². The largest absolute Gasteiger partial charge is 0.493 e. The van der Waals surface area contributed by atoms with Crippen LogP contribution < -0.4 is 19.7 Å². The lowest BCUT2D eigenvalue weighted by Gasteiger charge is -2.29. The van der Waals surface area contributed by atoms with Gasteiger partial charge in [0.15, 0.2) is 16.6 Å². The SMILES string of the molecule is COc1ccc(/C=C2/C(=O)NC(=S)N(c3ccc(Cl)cc3)C2=O)c(C(=O)O)c1OC. The molecule has 3 rings (SSSR count). The first-order valence-corrected chi connectivity index (χ1v) is 9.22. The number of amides is 2. The van der Waals surface area contributed by atoms with Crippen LogP contribution in [0.5, 0.6) is 11.5 Å². The summed E-state index contributed by atoms with van der Waals surface area (Å²) in [5, 5.41) is 12.5. The number of rotatable bonds is 5. The molecule has 1 aliphatic heterocycles. The molecule has 154 valence electrons. The summed E-state index contributed by atoms with van der Waals surface area (Å²) < 4.78 is 10.3. The molecule has 30 heavy (non-hydrogen) atoms. The Morgan fingerprint density at radius 1 is 1.13 bits per heavy atom. The van der Waals surface area contributed by atoms with Crippen molar-refractivity contribution in [3.8, 4) is 11.5 Å². The molecule has 2 amide bonds. The molecule has 0 saturated carbocycles. The first kappa shape index (κ1) is 21.3. The Hall–Kier alpha value is -3.43. The number of nitrogens with one attached hydrogen (secondary N) is 1. The maximum atomic E-state index is 13.1. The first-order valence-electron chi connectivity index (χ1n) is 8.43. The third-order valence-corrected chi connectivity index (χ3v) is 4.81. The van der Waals surface area contributed by atoms with Crippen LogP contribution in [0.2, 0.25) is 5.02 Å². The van der Waals surface area contributed by atoms with E-state index in [2.05, 4.69) is 5.32 Å². The van der Waals surface area contributed by atoms with E-state index in [4.69, 9.17) is 33.3 Å². The number of benzene rings is 2. The second kappa shape index (κ2) is 8.52. The molecule has 0 aliphatic carbocycles. The minimum atomic E-state index is -1.31. The number of carboxylic acids is 1. The second-order valence-electron chi connectivity index (χ2n) is 6.00. The quantitative estimate of drug-likeness (QED) is 0.413. The van der Waals surface area contributed by atoms with Gasteiger partial charge in [0.05, 0.1) is 19.9 Å². The average molecular weight is 447 g/mol. The summed E-state index contributed by atoms with van der Waals surface area (Å²) >= 11 is 11.0. The van der Waals surface area contributed by atoms with Crippen molar-refractivity contribution in [3.05, 3.63) is 58.1 Å². The summed E-state index contributed by atoms with van der Waals surface area (Å²) in [6.07, 6.45) is 1.17. The number of carbonyl (C=O) groups excluding carboxylic acids is 2. The highest BCUT2D eigenvalue weighted by atomic mass is 35.5. The number of carboxylic acid groups (broad SMARTS) is 1. The molecule has 1 saturated heterocycles. The molecule has 0 atom stereocenters. The lowest BCUT2D eigenvalue weighted by Crippen LogP contribution is -2.54. The lowest BCUT2D eigenvalue weighted by atomic mass is 10.0. The van der Waals surface area contributed by atoms with E-state index >= 15 is 0 Å². The molecule has 2 N–H and O–H groups in total. The standard InChI is InChI=1S/C20H15ClN2O6S/c1-28-14-8-3-10(15(19(26)27)16(14)29-2)9-13-17(24)22-20(30)23(18(13)25)12-6-4-11(21)5-7-12/h3-9H,1-2H3,(H,26,27)(H,22,24,30)/b13-9-. The molecule has 10 heteroatoms. The fourth-order valence-corrected chi connectivity index (χ4v) is 3.33. The number of halogens is 1. The minimum Gasteiger partial charge on any atom is -0.493 e. The van der Waals surface area contributed by atoms with Gasteiger partial charge in [-0.05, 0) is 54.2 Å². The summed E-state index contributed by atoms with van der Waals surface area (Å²) in [6.45, 7) is 0. The minimum absolute atomic E-state index is 0.0342. The molecule has 0 bridgehead atoms. The smallest absolute Gasteiger partial charge is 0.340 e. The predicted molar refractivity (Wildman–Crippen MR) is 114 cm³/mol. The molecule has 2 aromatic rings. The van der Waals surface area contributed by atoms with Crippen LogP contribution in [-0.2, 0) is 9.59 Å². The molecule has 0 aromatic heterocycles. The highest BCUT2D eigenvalue weighted by molar-refractivity contribution is 7.80. The monoisotopic (exact) mass is 446 g/mol. The summed E-state index contributed by atoms with van der Waals surface area (Å²) in [6, 6.07) is 9.18. The van der Waals surface area contributed by atoms with E-state index in [0.717, 1.165) is 4.90 Å². The number of thiocarbonyl (C=S) groups is 1. The molecule has 0 spiro atoms. The van der Waals surface area contributed by atoms with E-state index in [1.165, 1.54) is 32.4 Å². The van der Waals surface area contributed by atoms with Gasteiger partial charge in [-0.2, -0.15) is 0 Å². The third-order valence-electron chi connectivity index (χ3n) is 4.28. The topological polar surface area (TPSA) is 105 Å². The third kappa shape index (κ3) is 3.85. The Morgan fingerprint density at radius 2 is 1.80 bits per heavy atom. The van der Waals surface area contributed by atoms with Gasteiger partial charge in [-0.3, -0.25) is 19.8 Å².